The highest BCUT2D eigenvalue weighted by atomic mass is 16.6. The SMILES string of the molecule is CC(C)(C)OC(=O)Nc1ccc2c(c1)CC(C(C)(C)C)N2. The molecule has 0 radical (unpaired) electrons. The van der Waals surface area contributed by atoms with Crippen molar-refractivity contribution in [3.8, 4) is 0 Å². The van der Waals surface area contributed by atoms with Gasteiger partial charge in [0.15, 0.2) is 0 Å². The molecule has 0 spiro atoms. The first kappa shape index (κ1) is 15.7. The molecule has 0 aliphatic carbocycles. The van der Waals surface area contributed by atoms with Crippen molar-refractivity contribution < 1.29 is 9.53 Å². The van der Waals surface area contributed by atoms with Crippen molar-refractivity contribution in [3.63, 3.8) is 0 Å². The predicted molar refractivity (Wildman–Crippen MR) is 86.9 cm³/mol. The van der Waals surface area contributed by atoms with Crippen LogP contribution in [0.15, 0.2) is 18.2 Å². The van der Waals surface area contributed by atoms with Crippen LogP contribution in [0.5, 0.6) is 0 Å². The topological polar surface area (TPSA) is 50.4 Å². The minimum Gasteiger partial charge on any atom is -0.444 e. The lowest BCUT2D eigenvalue weighted by atomic mass is 9.85. The summed E-state index contributed by atoms with van der Waals surface area (Å²) in [6.45, 7) is 12.3. The lowest BCUT2D eigenvalue weighted by Gasteiger charge is -2.27. The summed E-state index contributed by atoms with van der Waals surface area (Å²) in [6.07, 6.45) is 0.559. The molecule has 1 unspecified atom stereocenters. The van der Waals surface area contributed by atoms with E-state index in [0.29, 0.717) is 6.04 Å². The molecule has 1 aromatic rings. The van der Waals surface area contributed by atoms with Gasteiger partial charge in [-0.05, 0) is 56.4 Å². The van der Waals surface area contributed by atoms with Gasteiger partial charge in [-0.1, -0.05) is 20.8 Å². The molecule has 116 valence electrons. The summed E-state index contributed by atoms with van der Waals surface area (Å²) in [5.41, 5.74) is 2.89. The summed E-state index contributed by atoms with van der Waals surface area (Å²) < 4.78 is 5.27. The van der Waals surface area contributed by atoms with Gasteiger partial charge in [0.1, 0.15) is 5.60 Å². The summed E-state index contributed by atoms with van der Waals surface area (Å²) >= 11 is 0. The van der Waals surface area contributed by atoms with Crippen LogP contribution >= 0.6 is 0 Å². The standard InChI is InChI=1S/C17H26N2O2/c1-16(2,3)14-10-11-9-12(7-8-13(11)19-14)18-15(20)21-17(4,5)6/h7-9,14,19H,10H2,1-6H3,(H,18,20). The molecule has 1 aromatic carbocycles. The maximum Gasteiger partial charge on any atom is 0.412 e. The van der Waals surface area contributed by atoms with Gasteiger partial charge < -0.3 is 10.1 Å². The third kappa shape index (κ3) is 4.13. The monoisotopic (exact) mass is 290 g/mol. The van der Waals surface area contributed by atoms with E-state index in [2.05, 4.69) is 31.4 Å². The number of benzene rings is 1. The number of anilines is 2. The molecule has 4 heteroatoms. The van der Waals surface area contributed by atoms with Gasteiger partial charge in [0.05, 0.1) is 0 Å². The normalized spacial score (nSPS) is 17.9. The number of carbonyl (C=O) groups excluding carboxylic acids is 1. The Balaban J connectivity index is 2.06. The van der Waals surface area contributed by atoms with Gasteiger partial charge in [0.2, 0.25) is 0 Å². The molecule has 0 fully saturated rings. The van der Waals surface area contributed by atoms with Gasteiger partial charge in [0.25, 0.3) is 0 Å². The molecule has 1 aliphatic heterocycles. The van der Waals surface area contributed by atoms with Crippen molar-refractivity contribution in [3.05, 3.63) is 23.8 Å². The average Bonchev–Trinajstić information content (AvgIpc) is 2.68. The Morgan fingerprint density at radius 3 is 2.48 bits per heavy atom. The molecule has 1 aliphatic rings. The van der Waals surface area contributed by atoms with Gasteiger partial charge in [-0.2, -0.15) is 0 Å². The lowest BCUT2D eigenvalue weighted by Crippen LogP contribution is -2.31. The second-order valence-electron chi connectivity index (χ2n) is 7.77. The smallest absolute Gasteiger partial charge is 0.412 e. The zero-order chi connectivity index (χ0) is 15.8. The number of amides is 1. The van der Waals surface area contributed by atoms with Gasteiger partial charge in [-0.3, -0.25) is 5.32 Å². The number of hydrogen-bond acceptors (Lipinski definition) is 3. The average molecular weight is 290 g/mol. The third-order valence-electron chi connectivity index (χ3n) is 3.55. The zero-order valence-corrected chi connectivity index (χ0v) is 13.8. The number of hydrogen-bond donors (Lipinski definition) is 2. The maximum absolute atomic E-state index is 11.8. The molecule has 0 aromatic heterocycles. The minimum absolute atomic E-state index is 0.206. The third-order valence-corrected chi connectivity index (χ3v) is 3.55. The molecular formula is C17H26N2O2. The van der Waals surface area contributed by atoms with Crippen molar-refractivity contribution in [2.45, 2.75) is 59.6 Å². The zero-order valence-electron chi connectivity index (χ0n) is 13.8. The van der Waals surface area contributed by atoms with Gasteiger partial charge in [0, 0.05) is 17.4 Å². The number of rotatable bonds is 1. The van der Waals surface area contributed by atoms with Crippen molar-refractivity contribution in [1.29, 1.82) is 0 Å². The highest BCUT2D eigenvalue weighted by molar-refractivity contribution is 5.85. The fraction of sp³-hybridized carbons (Fsp3) is 0.588. The molecule has 21 heavy (non-hydrogen) atoms. The maximum atomic E-state index is 11.8. The molecule has 1 amide bonds. The van der Waals surface area contributed by atoms with E-state index < -0.39 is 11.7 Å². The molecule has 1 atom stereocenters. The van der Waals surface area contributed by atoms with Crippen molar-refractivity contribution >= 4 is 17.5 Å². The van der Waals surface area contributed by atoms with Crippen molar-refractivity contribution in [2.75, 3.05) is 10.6 Å². The number of carbonyl (C=O) groups is 1. The van der Waals surface area contributed by atoms with Crippen molar-refractivity contribution in [2.24, 2.45) is 5.41 Å². The highest BCUT2D eigenvalue weighted by Gasteiger charge is 2.30. The first-order valence-corrected chi connectivity index (χ1v) is 7.44. The largest absolute Gasteiger partial charge is 0.444 e. The molecule has 0 bridgehead atoms. The molecule has 1 heterocycles. The number of fused-ring (bicyclic) bond motifs is 1. The molecule has 0 saturated heterocycles. The Labute approximate surface area is 127 Å². The van der Waals surface area contributed by atoms with E-state index in [1.165, 1.54) is 5.56 Å². The van der Waals surface area contributed by atoms with Crippen LogP contribution in [0.4, 0.5) is 16.2 Å². The van der Waals surface area contributed by atoms with Crippen LogP contribution in [0.2, 0.25) is 0 Å². The molecule has 2 rings (SSSR count). The number of ether oxygens (including phenoxy) is 1. The summed E-state index contributed by atoms with van der Waals surface area (Å²) in [4.78, 5) is 11.8. The van der Waals surface area contributed by atoms with Crippen LogP contribution in [0.3, 0.4) is 0 Å². The second-order valence-corrected chi connectivity index (χ2v) is 7.77. The van der Waals surface area contributed by atoms with E-state index in [1.54, 1.807) is 0 Å². The van der Waals surface area contributed by atoms with Crippen LogP contribution in [0.25, 0.3) is 0 Å². The Morgan fingerprint density at radius 2 is 1.90 bits per heavy atom. The van der Waals surface area contributed by atoms with E-state index >= 15 is 0 Å². The minimum atomic E-state index is -0.486. The van der Waals surface area contributed by atoms with Gasteiger partial charge in [-0.25, -0.2) is 4.79 Å². The second kappa shape index (κ2) is 5.24. The van der Waals surface area contributed by atoms with Crippen LogP contribution in [0, 0.1) is 5.41 Å². The molecule has 0 saturated carbocycles. The summed E-state index contributed by atoms with van der Waals surface area (Å²) in [5, 5.41) is 6.34. The van der Waals surface area contributed by atoms with Crippen molar-refractivity contribution in [1.82, 2.24) is 0 Å². The Hall–Kier alpha value is -1.71. The Morgan fingerprint density at radius 1 is 1.24 bits per heavy atom. The van der Waals surface area contributed by atoms with Crippen LogP contribution in [-0.2, 0) is 11.2 Å². The molecule has 2 N–H and O–H groups in total. The lowest BCUT2D eigenvalue weighted by molar-refractivity contribution is 0.0636. The Bertz CT molecular complexity index is 539. The fourth-order valence-electron chi connectivity index (χ4n) is 2.38. The summed E-state index contributed by atoms with van der Waals surface area (Å²) in [7, 11) is 0. The van der Waals surface area contributed by atoms with Crippen LogP contribution in [-0.4, -0.2) is 17.7 Å². The van der Waals surface area contributed by atoms with Gasteiger partial charge in [-0.15, -0.1) is 0 Å². The summed E-state index contributed by atoms with van der Waals surface area (Å²) in [5.74, 6) is 0. The van der Waals surface area contributed by atoms with E-state index in [1.807, 2.05) is 39.0 Å². The number of nitrogens with one attached hydrogen (secondary N) is 2. The van der Waals surface area contributed by atoms with E-state index in [9.17, 15) is 4.79 Å². The van der Waals surface area contributed by atoms with E-state index in [-0.39, 0.29) is 5.41 Å². The van der Waals surface area contributed by atoms with Crippen LogP contribution < -0.4 is 10.6 Å². The molecular weight excluding hydrogens is 264 g/mol. The van der Waals surface area contributed by atoms with E-state index in [4.69, 9.17) is 4.74 Å². The first-order chi connectivity index (χ1) is 9.54. The van der Waals surface area contributed by atoms with Gasteiger partial charge >= 0.3 is 6.09 Å². The fourth-order valence-corrected chi connectivity index (χ4v) is 2.38. The molecule has 4 nitrogen and oxygen atoms in total. The van der Waals surface area contributed by atoms with Crippen LogP contribution in [0.1, 0.15) is 47.1 Å². The Kier molecular flexibility index (Phi) is 3.91. The predicted octanol–water partition coefficient (Wildman–Crippen LogP) is 4.42. The highest BCUT2D eigenvalue weighted by Crippen LogP contribution is 2.35. The van der Waals surface area contributed by atoms with E-state index in [0.717, 1.165) is 17.8 Å². The first-order valence-electron chi connectivity index (χ1n) is 7.44. The quantitative estimate of drug-likeness (QED) is 0.805. The summed E-state index contributed by atoms with van der Waals surface area (Å²) in [6, 6.07) is 6.37.